The lowest BCUT2D eigenvalue weighted by Gasteiger charge is -2.27. The van der Waals surface area contributed by atoms with Gasteiger partial charge in [-0.1, -0.05) is 0 Å². The summed E-state index contributed by atoms with van der Waals surface area (Å²) in [5.41, 5.74) is 1.12. The highest BCUT2D eigenvalue weighted by Gasteiger charge is 2.21. The summed E-state index contributed by atoms with van der Waals surface area (Å²) in [5.74, 6) is 1.61. The monoisotopic (exact) mass is 293 g/mol. The molecule has 0 amide bonds. The molecule has 0 aromatic heterocycles. The molecular formula is C16H23NO4. The first-order valence-corrected chi connectivity index (χ1v) is 7.44. The minimum atomic E-state index is -0.131. The van der Waals surface area contributed by atoms with Gasteiger partial charge in [0, 0.05) is 24.4 Å². The van der Waals surface area contributed by atoms with Crippen molar-refractivity contribution >= 4 is 5.97 Å². The fourth-order valence-corrected chi connectivity index (χ4v) is 2.45. The van der Waals surface area contributed by atoms with Crippen LogP contribution in [-0.4, -0.2) is 32.8 Å². The van der Waals surface area contributed by atoms with E-state index in [-0.39, 0.29) is 12.0 Å². The third kappa shape index (κ3) is 4.36. The maximum absolute atomic E-state index is 11.3. The molecule has 2 rings (SSSR count). The van der Waals surface area contributed by atoms with E-state index in [0.717, 1.165) is 36.4 Å². The summed E-state index contributed by atoms with van der Waals surface area (Å²) in [6.07, 6.45) is 2.14. The van der Waals surface area contributed by atoms with E-state index in [2.05, 4.69) is 5.32 Å². The number of benzene rings is 1. The Morgan fingerprint density at radius 1 is 1.48 bits per heavy atom. The number of carbonyl (C=O) groups is 1. The topological polar surface area (TPSA) is 56.8 Å². The van der Waals surface area contributed by atoms with Crippen LogP contribution >= 0.6 is 0 Å². The molecule has 1 aliphatic heterocycles. The first-order valence-electron chi connectivity index (χ1n) is 7.44. The fourth-order valence-electron chi connectivity index (χ4n) is 2.45. The van der Waals surface area contributed by atoms with Gasteiger partial charge in [0.1, 0.15) is 11.5 Å². The van der Waals surface area contributed by atoms with Crippen LogP contribution in [0.3, 0.4) is 0 Å². The second-order valence-electron chi connectivity index (χ2n) is 4.96. The van der Waals surface area contributed by atoms with Crippen LogP contribution in [0.25, 0.3) is 0 Å². The summed E-state index contributed by atoms with van der Waals surface area (Å²) >= 11 is 0. The number of esters is 1. The van der Waals surface area contributed by atoms with Gasteiger partial charge >= 0.3 is 5.97 Å². The highest BCUT2D eigenvalue weighted by Crippen LogP contribution is 2.34. The first kappa shape index (κ1) is 15.6. The Balaban J connectivity index is 1.86. The normalized spacial score (nSPS) is 16.8. The van der Waals surface area contributed by atoms with Crippen molar-refractivity contribution in [3.05, 3.63) is 23.8 Å². The molecule has 0 saturated carbocycles. The Morgan fingerprint density at radius 2 is 2.33 bits per heavy atom. The Morgan fingerprint density at radius 3 is 3.10 bits per heavy atom. The zero-order valence-corrected chi connectivity index (χ0v) is 12.7. The molecule has 1 heterocycles. The maximum Gasteiger partial charge on any atom is 0.305 e. The molecule has 0 saturated heterocycles. The molecule has 21 heavy (non-hydrogen) atoms. The molecule has 116 valence electrons. The summed E-state index contributed by atoms with van der Waals surface area (Å²) in [4.78, 5) is 11.3. The lowest BCUT2D eigenvalue weighted by atomic mass is 10.00. The van der Waals surface area contributed by atoms with Crippen LogP contribution in [0.1, 0.15) is 37.8 Å². The van der Waals surface area contributed by atoms with Crippen molar-refractivity contribution in [2.45, 2.75) is 32.2 Å². The molecule has 1 aromatic carbocycles. The van der Waals surface area contributed by atoms with E-state index in [4.69, 9.17) is 14.2 Å². The highest BCUT2D eigenvalue weighted by atomic mass is 16.5. The molecule has 1 unspecified atom stereocenters. The van der Waals surface area contributed by atoms with Crippen molar-refractivity contribution < 1.29 is 19.0 Å². The van der Waals surface area contributed by atoms with E-state index in [1.807, 2.05) is 25.1 Å². The van der Waals surface area contributed by atoms with Gasteiger partial charge in [0.05, 0.1) is 20.3 Å². The third-order valence-electron chi connectivity index (χ3n) is 3.51. The predicted molar refractivity (Wildman–Crippen MR) is 79.7 cm³/mol. The maximum atomic E-state index is 11.3. The van der Waals surface area contributed by atoms with Gasteiger partial charge in [-0.3, -0.25) is 4.79 Å². The molecular weight excluding hydrogens is 270 g/mol. The van der Waals surface area contributed by atoms with Gasteiger partial charge in [0.15, 0.2) is 0 Å². The van der Waals surface area contributed by atoms with Gasteiger partial charge in [-0.15, -0.1) is 0 Å². The van der Waals surface area contributed by atoms with Crippen LogP contribution < -0.4 is 14.8 Å². The number of rotatable bonds is 7. The van der Waals surface area contributed by atoms with Crippen LogP contribution in [-0.2, 0) is 9.53 Å². The van der Waals surface area contributed by atoms with Crippen LogP contribution in [0.2, 0.25) is 0 Å². The largest absolute Gasteiger partial charge is 0.497 e. The molecule has 5 heteroatoms. The molecule has 1 aromatic rings. The average Bonchev–Trinajstić information content (AvgIpc) is 2.51. The second kappa shape index (κ2) is 7.88. The molecule has 0 aliphatic carbocycles. The third-order valence-corrected chi connectivity index (χ3v) is 3.51. The fraction of sp³-hybridized carbons (Fsp3) is 0.562. The van der Waals surface area contributed by atoms with E-state index in [1.54, 1.807) is 7.11 Å². The molecule has 0 fully saturated rings. The van der Waals surface area contributed by atoms with Crippen LogP contribution in [0, 0.1) is 0 Å². The number of nitrogens with one attached hydrogen (secondary N) is 1. The van der Waals surface area contributed by atoms with Crippen molar-refractivity contribution in [2.24, 2.45) is 0 Å². The number of carbonyl (C=O) groups excluding carboxylic acids is 1. The van der Waals surface area contributed by atoms with E-state index in [9.17, 15) is 4.79 Å². The average molecular weight is 293 g/mol. The van der Waals surface area contributed by atoms with E-state index in [1.165, 1.54) is 0 Å². The smallest absolute Gasteiger partial charge is 0.305 e. The van der Waals surface area contributed by atoms with Crippen LogP contribution in [0.5, 0.6) is 11.5 Å². The number of methoxy groups -OCH3 is 1. The minimum Gasteiger partial charge on any atom is -0.497 e. The quantitative estimate of drug-likeness (QED) is 0.618. The van der Waals surface area contributed by atoms with Gasteiger partial charge in [-0.25, -0.2) is 0 Å². The van der Waals surface area contributed by atoms with Gasteiger partial charge < -0.3 is 19.5 Å². The molecule has 1 N–H and O–H groups in total. The summed E-state index contributed by atoms with van der Waals surface area (Å²) in [6.45, 7) is 3.75. The molecule has 1 aliphatic rings. The van der Waals surface area contributed by atoms with E-state index >= 15 is 0 Å². The van der Waals surface area contributed by atoms with Crippen LogP contribution in [0.4, 0.5) is 0 Å². The zero-order valence-electron chi connectivity index (χ0n) is 12.7. The SMILES string of the molecule is CCOC(=O)CCCNC1CCOc2ccc(OC)cc21. The summed E-state index contributed by atoms with van der Waals surface area (Å²) in [6, 6.07) is 6.10. The molecule has 5 nitrogen and oxygen atoms in total. The van der Waals surface area contributed by atoms with Crippen molar-refractivity contribution in [2.75, 3.05) is 26.9 Å². The Hall–Kier alpha value is -1.75. The Kier molecular flexibility index (Phi) is 5.87. The van der Waals surface area contributed by atoms with E-state index in [0.29, 0.717) is 19.6 Å². The van der Waals surface area contributed by atoms with Gasteiger partial charge in [0.25, 0.3) is 0 Å². The molecule has 0 bridgehead atoms. The Bertz CT molecular complexity index is 475. The predicted octanol–water partition coefficient (Wildman–Crippen LogP) is 2.45. The lowest BCUT2D eigenvalue weighted by Crippen LogP contribution is -2.28. The van der Waals surface area contributed by atoms with Gasteiger partial charge in [0.2, 0.25) is 0 Å². The van der Waals surface area contributed by atoms with Crippen molar-refractivity contribution in [3.8, 4) is 11.5 Å². The van der Waals surface area contributed by atoms with Crippen molar-refractivity contribution in [1.82, 2.24) is 5.32 Å². The Labute approximate surface area is 125 Å². The number of fused-ring (bicyclic) bond motifs is 1. The highest BCUT2D eigenvalue weighted by molar-refractivity contribution is 5.69. The van der Waals surface area contributed by atoms with E-state index < -0.39 is 0 Å². The van der Waals surface area contributed by atoms with Crippen molar-refractivity contribution in [3.63, 3.8) is 0 Å². The number of hydrogen-bond acceptors (Lipinski definition) is 5. The molecule has 0 spiro atoms. The first-order chi connectivity index (χ1) is 10.2. The standard InChI is InChI=1S/C16H23NO4/c1-3-20-16(18)5-4-9-17-14-8-10-21-15-7-6-12(19-2)11-13(14)15/h6-7,11,14,17H,3-5,8-10H2,1-2H3. The number of ether oxygens (including phenoxy) is 3. The molecule has 0 radical (unpaired) electrons. The van der Waals surface area contributed by atoms with Crippen molar-refractivity contribution in [1.29, 1.82) is 0 Å². The summed E-state index contributed by atoms with van der Waals surface area (Å²) < 4.78 is 15.8. The molecule has 1 atom stereocenters. The summed E-state index contributed by atoms with van der Waals surface area (Å²) in [7, 11) is 1.66. The van der Waals surface area contributed by atoms with Gasteiger partial charge in [-0.2, -0.15) is 0 Å². The summed E-state index contributed by atoms with van der Waals surface area (Å²) in [5, 5.41) is 3.48. The lowest BCUT2D eigenvalue weighted by molar-refractivity contribution is -0.143. The number of hydrogen-bond donors (Lipinski definition) is 1. The van der Waals surface area contributed by atoms with Gasteiger partial charge in [-0.05, 0) is 38.1 Å². The minimum absolute atomic E-state index is 0.131. The second-order valence-corrected chi connectivity index (χ2v) is 4.96. The zero-order chi connectivity index (χ0) is 15.1. The van der Waals surface area contributed by atoms with Crippen LogP contribution in [0.15, 0.2) is 18.2 Å².